The van der Waals surface area contributed by atoms with E-state index in [0.717, 1.165) is 0 Å². The van der Waals surface area contributed by atoms with Crippen molar-refractivity contribution in [1.82, 2.24) is 4.90 Å². The van der Waals surface area contributed by atoms with Crippen molar-refractivity contribution in [3.63, 3.8) is 0 Å². The lowest BCUT2D eigenvalue weighted by atomic mass is 9.90. The summed E-state index contributed by atoms with van der Waals surface area (Å²) in [7, 11) is 0. The van der Waals surface area contributed by atoms with Crippen LogP contribution in [0.1, 0.15) is 32.8 Å². The van der Waals surface area contributed by atoms with Gasteiger partial charge >= 0.3 is 6.09 Å². The van der Waals surface area contributed by atoms with E-state index in [-0.39, 0.29) is 11.9 Å². The van der Waals surface area contributed by atoms with E-state index in [4.69, 9.17) is 10.5 Å². The topological polar surface area (TPSA) is 55.6 Å². The van der Waals surface area contributed by atoms with Gasteiger partial charge in [-0.1, -0.05) is 12.1 Å². The highest BCUT2D eigenvalue weighted by molar-refractivity contribution is 5.69. The van der Waals surface area contributed by atoms with Crippen molar-refractivity contribution >= 4 is 6.09 Å². The molecule has 0 aromatic heterocycles. The van der Waals surface area contributed by atoms with Crippen LogP contribution in [0.5, 0.6) is 0 Å². The first-order valence-electron chi connectivity index (χ1n) is 6.72. The molecule has 2 N–H and O–H groups in total. The second-order valence-electron chi connectivity index (χ2n) is 6.32. The van der Waals surface area contributed by atoms with E-state index >= 15 is 0 Å². The Morgan fingerprint density at radius 3 is 2.75 bits per heavy atom. The minimum absolute atomic E-state index is 0.317. The fourth-order valence-electron chi connectivity index (χ4n) is 2.35. The van der Waals surface area contributed by atoms with E-state index in [1.165, 1.54) is 12.1 Å². The van der Waals surface area contributed by atoms with Crippen LogP contribution in [0.4, 0.5) is 9.18 Å². The summed E-state index contributed by atoms with van der Waals surface area (Å²) >= 11 is 0. The van der Waals surface area contributed by atoms with Crippen molar-refractivity contribution < 1.29 is 13.9 Å². The lowest BCUT2D eigenvalue weighted by Gasteiger charge is -2.27. The molecule has 1 saturated heterocycles. The van der Waals surface area contributed by atoms with E-state index in [1.807, 2.05) is 20.8 Å². The molecule has 110 valence electrons. The van der Waals surface area contributed by atoms with Crippen molar-refractivity contribution in [1.29, 1.82) is 0 Å². The number of halogens is 1. The van der Waals surface area contributed by atoms with Crippen LogP contribution >= 0.6 is 0 Å². The second kappa shape index (κ2) is 5.05. The first-order chi connectivity index (χ1) is 9.20. The summed E-state index contributed by atoms with van der Waals surface area (Å²) in [6, 6.07) is 6.24. The minimum Gasteiger partial charge on any atom is -0.444 e. The number of nitrogens with zero attached hydrogens (tertiary/aromatic N) is 1. The zero-order chi connectivity index (χ0) is 15.0. The van der Waals surface area contributed by atoms with Gasteiger partial charge in [0.05, 0.1) is 5.54 Å². The van der Waals surface area contributed by atoms with E-state index in [9.17, 15) is 9.18 Å². The van der Waals surface area contributed by atoms with Crippen LogP contribution in [0.3, 0.4) is 0 Å². The molecule has 1 aromatic rings. The quantitative estimate of drug-likeness (QED) is 0.860. The molecule has 1 aliphatic rings. The van der Waals surface area contributed by atoms with Gasteiger partial charge in [-0.2, -0.15) is 0 Å². The van der Waals surface area contributed by atoms with Gasteiger partial charge in [-0.3, -0.25) is 0 Å². The second-order valence-corrected chi connectivity index (χ2v) is 6.32. The molecule has 0 spiro atoms. The predicted molar refractivity (Wildman–Crippen MR) is 74.7 cm³/mol. The molecule has 1 fully saturated rings. The molecule has 2 rings (SSSR count). The summed E-state index contributed by atoms with van der Waals surface area (Å²) in [6.45, 7) is 6.32. The van der Waals surface area contributed by atoms with Gasteiger partial charge in [-0.25, -0.2) is 9.18 Å². The van der Waals surface area contributed by atoms with Crippen molar-refractivity contribution in [2.45, 2.75) is 38.3 Å². The zero-order valence-electron chi connectivity index (χ0n) is 12.1. The number of rotatable bonds is 1. The van der Waals surface area contributed by atoms with Crippen LogP contribution in [-0.4, -0.2) is 29.7 Å². The standard InChI is InChI=1S/C15H21FN2O2/c1-14(2,3)20-13(19)18-8-7-15(17,10-18)11-5-4-6-12(16)9-11/h4-6,9H,7-8,10,17H2,1-3H3. The molecule has 1 amide bonds. The summed E-state index contributed by atoms with van der Waals surface area (Å²) in [5.74, 6) is -0.317. The molecule has 1 aromatic carbocycles. The summed E-state index contributed by atoms with van der Waals surface area (Å²) in [6.07, 6.45) is 0.219. The van der Waals surface area contributed by atoms with Gasteiger partial charge < -0.3 is 15.4 Å². The molecule has 0 bridgehead atoms. The molecule has 1 aliphatic heterocycles. The third-order valence-electron chi connectivity index (χ3n) is 3.35. The van der Waals surface area contributed by atoms with E-state index in [1.54, 1.807) is 17.0 Å². The van der Waals surface area contributed by atoms with Crippen LogP contribution in [0.25, 0.3) is 0 Å². The lowest BCUT2D eigenvalue weighted by Crippen LogP contribution is -2.42. The number of carbonyl (C=O) groups is 1. The molecule has 1 heterocycles. The third-order valence-corrected chi connectivity index (χ3v) is 3.35. The van der Waals surface area contributed by atoms with Crippen molar-refractivity contribution in [2.75, 3.05) is 13.1 Å². The number of hydrogen-bond donors (Lipinski definition) is 1. The molecule has 20 heavy (non-hydrogen) atoms. The molecule has 0 saturated carbocycles. The van der Waals surface area contributed by atoms with Crippen LogP contribution in [0.2, 0.25) is 0 Å². The number of amides is 1. The van der Waals surface area contributed by atoms with E-state index in [0.29, 0.717) is 25.1 Å². The van der Waals surface area contributed by atoms with Gasteiger partial charge in [-0.15, -0.1) is 0 Å². The number of likely N-dealkylation sites (tertiary alicyclic amines) is 1. The Kier molecular flexibility index (Phi) is 3.73. The van der Waals surface area contributed by atoms with E-state index in [2.05, 4.69) is 0 Å². The highest BCUT2D eigenvalue weighted by atomic mass is 19.1. The Balaban J connectivity index is 2.10. The Hall–Kier alpha value is -1.62. The van der Waals surface area contributed by atoms with Gasteiger partial charge in [0.15, 0.2) is 0 Å². The molecule has 0 aliphatic carbocycles. The maximum Gasteiger partial charge on any atom is 0.410 e. The fourth-order valence-corrected chi connectivity index (χ4v) is 2.35. The van der Waals surface area contributed by atoms with Crippen molar-refractivity contribution in [3.8, 4) is 0 Å². The van der Waals surface area contributed by atoms with Gasteiger partial charge in [0.25, 0.3) is 0 Å². The summed E-state index contributed by atoms with van der Waals surface area (Å²) in [5.41, 5.74) is 5.80. The molecule has 1 atom stereocenters. The molecule has 1 unspecified atom stereocenters. The highest BCUT2D eigenvalue weighted by Crippen LogP contribution is 2.30. The van der Waals surface area contributed by atoms with Crippen LogP contribution < -0.4 is 5.73 Å². The summed E-state index contributed by atoms with van der Waals surface area (Å²) < 4.78 is 18.6. The Morgan fingerprint density at radius 1 is 1.45 bits per heavy atom. The average Bonchev–Trinajstić information content (AvgIpc) is 2.71. The first kappa shape index (κ1) is 14.8. The average molecular weight is 280 g/mol. The van der Waals surface area contributed by atoms with Crippen LogP contribution in [-0.2, 0) is 10.3 Å². The molecule has 5 heteroatoms. The number of carbonyl (C=O) groups excluding carboxylic acids is 1. The minimum atomic E-state index is -0.709. The maximum atomic E-state index is 13.3. The molecular formula is C15H21FN2O2. The maximum absolute atomic E-state index is 13.3. The molecule has 0 radical (unpaired) electrons. The zero-order valence-corrected chi connectivity index (χ0v) is 12.1. The van der Waals surface area contributed by atoms with Gasteiger partial charge in [0, 0.05) is 13.1 Å². The van der Waals surface area contributed by atoms with E-state index < -0.39 is 11.1 Å². The normalized spacial score (nSPS) is 22.9. The Morgan fingerprint density at radius 2 is 2.15 bits per heavy atom. The SMILES string of the molecule is CC(C)(C)OC(=O)N1CCC(N)(c2cccc(F)c2)C1. The fraction of sp³-hybridized carbons (Fsp3) is 0.533. The molecule has 4 nitrogen and oxygen atoms in total. The van der Waals surface area contributed by atoms with Gasteiger partial charge in [-0.05, 0) is 44.9 Å². The number of nitrogens with two attached hydrogens (primary N) is 1. The first-order valence-corrected chi connectivity index (χ1v) is 6.72. The van der Waals surface area contributed by atoms with Gasteiger partial charge in [0.1, 0.15) is 11.4 Å². The van der Waals surface area contributed by atoms with Crippen LogP contribution in [0, 0.1) is 5.82 Å². The van der Waals surface area contributed by atoms with Crippen molar-refractivity contribution in [2.24, 2.45) is 5.73 Å². The van der Waals surface area contributed by atoms with Gasteiger partial charge in [0.2, 0.25) is 0 Å². The Bertz CT molecular complexity index is 513. The monoisotopic (exact) mass is 280 g/mol. The lowest BCUT2D eigenvalue weighted by molar-refractivity contribution is 0.0284. The predicted octanol–water partition coefficient (Wildman–Crippen LogP) is 2.62. The number of hydrogen-bond acceptors (Lipinski definition) is 3. The Labute approximate surface area is 118 Å². The highest BCUT2D eigenvalue weighted by Gasteiger charge is 2.39. The largest absolute Gasteiger partial charge is 0.444 e. The van der Waals surface area contributed by atoms with Crippen molar-refractivity contribution in [3.05, 3.63) is 35.6 Å². The number of benzene rings is 1. The molecular weight excluding hydrogens is 259 g/mol. The smallest absolute Gasteiger partial charge is 0.410 e. The third kappa shape index (κ3) is 3.28. The summed E-state index contributed by atoms with van der Waals surface area (Å²) in [5, 5.41) is 0. The number of ether oxygens (including phenoxy) is 1. The summed E-state index contributed by atoms with van der Waals surface area (Å²) in [4.78, 5) is 13.6. The van der Waals surface area contributed by atoms with Crippen LogP contribution in [0.15, 0.2) is 24.3 Å².